The lowest BCUT2D eigenvalue weighted by Crippen LogP contribution is -2.42. The molecule has 0 spiro atoms. The van der Waals surface area contributed by atoms with Gasteiger partial charge in [-0.05, 0) is 6.07 Å². The van der Waals surface area contributed by atoms with E-state index < -0.39 is 0 Å². The molecule has 1 aliphatic rings. The molecule has 1 aliphatic heterocycles. The maximum Gasteiger partial charge on any atom is 0.266 e. The van der Waals surface area contributed by atoms with E-state index in [-0.39, 0.29) is 17.5 Å². The van der Waals surface area contributed by atoms with Crippen molar-refractivity contribution in [1.29, 1.82) is 0 Å². The van der Waals surface area contributed by atoms with Gasteiger partial charge in [-0.1, -0.05) is 42.5 Å². The second-order valence-electron chi connectivity index (χ2n) is 5.25. The minimum atomic E-state index is -0.282. The number of hydrogen-bond acceptors (Lipinski definition) is 4. The maximum absolute atomic E-state index is 11.9. The molecule has 0 fully saturated rings. The van der Waals surface area contributed by atoms with E-state index in [4.69, 9.17) is 0 Å². The van der Waals surface area contributed by atoms with Crippen molar-refractivity contribution in [3.63, 3.8) is 0 Å². The first-order valence-electron chi connectivity index (χ1n) is 7.55. The van der Waals surface area contributed by atoms with Crippen LogP contribution in [-0.4, -0.2) is 34.8 Å². The van der Waals surface area contributed by atoms with Gasteiger partial charge in [0, 0.05) is 24.7 Å². The summed E-state index contributed by atoms with van der Waals surface area (Å²) in [6, 6.07) is 12.6. The van der Waals surface area contributed by atoms with Gasteiger partial charge in [0.2, 0.25) is 5.91 Å². The lowest BCUT2D eigenvalue weighted by molar-refractivity contribution is -0.121. The van der Waals surface area contributed by atoms with Gasteiger partial charge in [0.25, 0.3) is 5.56 Å². The molecule has 118 valence electrons. The summed E-state index contributed by atoms with van der Waals surface area (Å²) >= 11 is 0. The first-order valence-corrected chi connectivity index (χ1v) is 7.55. The van der Waals surface area contributed by atoms with Gasteiger partial charge in [0.1, 0.15) is 6.04 Å². The molecular weight excluding hydrogens is 292 g/mol. The van der Waals surface area contributed by atoms with Crippen LogP contribution in [0.3, 0.4) is 0 Å². The lowest BCUT2D eigenvalue weighted by Gasteiger charge is -2.11. The van der Waals surface area contributed by atoms with E-state index in [1.807, 2.05) is 42.5 Å². The number of nitrogens with one attached hydrogen (secondary N) is 2. The Morgan fingerprint density at radius 3 is 2.83 bits per heavy atom. The Morgan fingerprint density at radius 2 is 2.09 bits per heavy atom. The van der Waals surface area contributed by atoms with E-state index in [0.29, 0.717) is 19.6 Å². The molecule has 6 nitrogen and oxygen atoms in total. The summed E-state index contributed by atoms with van der Waals surface area (Å²) in [5.74, 6) is -0.0917. The summed E-state index contributed by atoms with van der Waals surface area (Å²) in [6.07, 6.45) is 3.75. The molecule has 6 heteroatoms. The van der Waals surface area contributed by atoms with Crippen molar-refractivity contribution in [2.24, 2.45) is 0 Å². The van der Waals surface area contributed by atoms with E-state index in [1.165, 1.54) is 10.7 Å². The first-order chi connectivity index (χ1) is 11.2. The molecule has 1 amide bonds. The molecule has 0 bridgehead atoms. The van der Waals surface area contributed by atoms with Crippen LogP contribution < -0.4 is 16.2 Å². The minimum absolute atomic E-state index is 0.0917. The molecule has 0 aliphatic carbocycles. The summed E-state index contributed by atoms with van der Waals surface area (Å²) < 4.78 is 1.38. The molecular formula is C17H18N4O2. The third-order valence-corrected chi connectivity index (χ3v) is 3.63. The standard InChI is InChI=1S/C17H18N4O2/c22-16-9-8-14(13-5-2-1-3-6-13)20-21(16)12-11-19-17(23)15-7-4-10-18-15/h1-9,15,18H,10-12H2,(H,19,23). The topological polar surface area (TPSA) is 76.0 Å². The third kappa shape index (κ3) is 3.73. The highest BCUT2D eigenvalue weighted by Gasteiger charge is 2.16. The number of aromatic nitrogens is 2. The zero-order valence-electron chi connectivity index (χ0n) is 12.6. The normalized spacial score (nSPS) is 16.4. The fraction of sp³-hybridized carbons (Fsp3) is 0.235. The van der Waals surface area contributed by atoms with E-state index in [2.05, 4.69) is 15.7 Å². The van der Waals surface area contributed by atoms with Crippen LogP contribution in [0.15, 0.2) is 59.4 Å². The SMILES string of the molecule is O=C(NCCn1nc(-c2ccccc2)ccc1=O)C1C=CCN1. The molecule has 1 atom stereocenters. The maximum atomic E-state index is 11.9. The predicted octanol–water partition coefficient (Wildman–Crippen LogP) is 0.554. The first kappa shape index (κ1) is 15.2. The minimum Gasteiger partial charge on any atom is -0.353 e. The summed E-state index contributed by atoms with van der Waals surface area (Å²) in [6.45, 7) is 1.40. The van der Waals surface area contributed by atoms with Gasteiger partial charge in [-0.2, -0.15) is 5.10 Å². The van der Waals surface area contributed by atoms with E-state index in [0.717, 1.165) is 11.3 Å². The molecule has 0 saturated heterocycles. The van der Waals surface area contributed by atoms with Crippen molar-refractivity contribution in [3.05, 3.63) is 65.0 Å². The van der Waals surface area contributed by atoms with Crippen LogP contribution in [0.5, 0.6) is 0 Å². The van der Waals surface area contributed by atoms with Gasteiger partial charge in [0.05, 0.1) is 12.2 Å². The molecule has 2 aromatic rings. The molecule has 0 radical (unpaired) electrons. The van der Waals surface area contributed by atoms with Crippen LogP contribution in [0.25, 0.3) is 11.3 Å². The number of carbonyl (C=O) groups is 1. The van der Waals surface area contributed by atoms with Crippen LogP contribution in [-0.2, 0) is 11.3 Å². The zero-order chi connectivity index (χ0) is 16.1. The van der Waals surface area contributed by atoms with Crippen molar-refractivity contribution in [2.45, 2.75) is 12.6 Å². The zero-order valence-corrected chi connectivity index (χ0v) is 12.6. The quantitative estimate of drug-likeness (QED) is 0.791. The fourth-order valence-corrected chi connectivity index (χ4v) is 2.41. The van der Waals surface area contributed by atoms with E-state index in [9.17, 15) is 9.59 Å². The van der Waals surface area contributed by atoms with Crippen LogP contribution in [0.2, 0.25) is 0 Å². The third-order valence-electron chi connectivity index (χ3n) is 3.63. The number of rotatable bonds is 5. The molecule has 1 aromatic carbocycles. The average molecular weight is 310 g/mol. The highest BCUT2D eigenvalue weighted by atomic mass is 16.2. The number of benzene rings is 1. The summed E-state index contributed by atoms with van der Waals surface area (Å²) in [4.78, 5) is 23.8. The van der Waals surface area contributed by atoms with Crippen molar-refractivity contribution in [1.82, 2.24) is 20.4 Å². The molecule has 1 aromatic heterocycles. The highest BCUT2D eigenvalue weighted by Crippen LogP contribution is 2.13. The molecule has 3 rings (SSSR count). The largest absolute Gasteiger partial charge is 0.353 e. The molecule has 0 saturated carbocycles. The van der Waals surface area contributed by atoms with Crippen LogP contribution in [0.4, 0.5) is 0 Å². The monoisotopic (exact) mass is 310 g/mol. The Bertz CT molecular complexity index is 768. The second kappa shape index (κ2) is 7.02. The van der Waals surface area contributed by atoms with Gasteiger partial charge in [-0.15, -0.1) is 0 Å². The Morgan fingerprint density at radius 1 is 1.26 bits per heavy atom. The smallest absolute Gasteiger partial charge is 0.266 e. The van der Waals surface area contributed by atoms with Gasteiger partial charge >= 0.3 is 0 Å². The molecule has 2 heterocycles. The Labute approximate surface area is 133 Å². The summed E-state index contributed by atoms with van der Waals surface area (Å²) in [5.41, 5.74) is 1.50. The summed E-state index contributed by atoms with van der Waals surface area (Å²) in [5, 5.41) is 10.2. The van der Waals surface area contributed by atoms with Crippen molar-refractivity contribution in [2.75, 3.05) is 13.1 Å². The predicted molar refractivity (Wildman–Crippen MR) is 87.9 cm³/mol. The Balaban J connectivity index is 1.64. The van der Waals surface area contributed by atoms with Crippen LogP contribution in [0.1, 0.15) is 0 Å². The second-order valence-corrected chi connectivity index (χ2v) is 5.25. The van der Waals surface area contributed by atoms with Crippen molar-refractivity contribution >= 4 is 5.91 Å². The van der Waals surface area contributed by atoms with Crippen molar-refractivity contribution < 1.29 is 4.79 Å². The van der Waals surface area contributed by atoms with Gasteiger partial charge in [-0.3, -0.25) is 14.9 Å². The number of nitrogens with zero attached hydrogens (tertiary/aromatic N) is 2. The van der Waals surface area contributed by atoms with E-state index in [1.54, 1.807) is 6.07 Å². The molecule has 2 N–H and O–H groups in total. The Hall–Kier alpha value is -2.73. The number of amides is 1. The van der Waals surface area contributed by atoms with Crippen LogP contribution >= 0.6 is 0 Å². The Kier molecular flexibility index (Phi) is 4.63. The average Bonchev–Trinajstić information content (AvgIpc) is 3.12. The lowest BCUT2D eigenvalue weighted by atomic mass is 10.1. The van der Waals surface area contributed by atoms with Crippen molar-refractivity contribution in [3.8, 4) is 11.3 Å². The van der Waals surface area contributed by atoms with Gasteiger partial charge < -0.3 is 5.32 Å². The van der Waals surface area contributed by atoms with Crippen LogP contribution in [0, 0.1) is 0 Å². The number of hydrogen-bond donors (Lipinski definition) is 2. The van der Waals surface area contributed by atoms with E-state index >= 15 is 0 Å². The summed E-state index contributed by atoms with van der Waals surface area (Å²) in [7, 11) is 0. The molecule has 1 unspecified atom stereocenters. The van der Waals surface area contributed by atoms with Gasteiger partial charge in [-0.25, -0.2) is 4.68 Å². The molecule has 23 heavy (non-hydrogen) atoms. The van der Waals surface area contributed by atoms with Gasteiger partial charge in [0.15, 0.2) is 0 Å². The fourth-order valence-electron chi connectivity index (χ4n) is 2.41. The number of carbonyl (C=O) groups excluding carboxylic acids is 1. The highest BCUT2D eigenvalue weighted by molar-refractivity contribution is 5.84.